The Hall–Kier alpha value is -5.87. The van der Waals surface area contributed by atoms with E-state index in [0.717, 1.165) is 47.9 Å². The first-order chi connectivity index (χ1) is 26.1. The van der Waals surface area contributed by atoms with Crippen molar-refractivity contribution in [2.24, 2.45) is 17.8 Å². The van der Waals surface area contributed by atoms with Crippen molar-refractivity contribution in [2.45, 2.75) is 44.4 Å². The number of nitrogens with zero attached hydrogens (tertiary/aromatic N) is 4. The largest absolute Gasteiger partial charge is 0.313 e. The highest BCUT2D eigenvalue weighted by atomic mass is 15.2. The summed E-state index contributed by atoms with van der Waals surface area (Å²) in [4.78, 5) is 18.4. The molecular formula is C49H42N4. The first-order valence-corrected chi connectivity index (χ1v) is 19.1. The van der Waals surface area contributed by atoms with Crippen LogP contribution >= 0.6 is 0 Å². The molecule has 5 aliphatic rings. The second-order valence-electron chi connectivity index (χ2n) is 15.3. The quantitative estimate of drug-likeness (QED) is 0.185. The third kappa shape index (κ3) is 5.15. The maximum absolute atomic E-state index is 5.38. The maximum Gasteiger partial charge on any atom is 0.163 e. The summed E-state index contributed by atoms with van der Waals surface area (Å²) in [5.41, 5.74) is 12.2. The Balaban J connectivity index is 1.22. The van der Waals surface area contributed by atoms with E-state index >= 15 is 0 Å². The van der Waals surface area contributed by atoms with Crippen molar-refractivity contribution in [1.29, 1.82) is 0 Å². The molecule has 4 heteroatoms. The van der Waals surface area contributed by atoms with E-state index < -0.39 is 5.41 Å². The number of anilines is 2. The molecule has 0 saturated heterocycles. The Morgan fingerprint density at radius 1 is 0.679 bits per heavy atom. The second kappa shape index (κ2) is 12.7. The second-order valence-corrected chi connectivity index (χ2v) is 15.3. The molecule has 0 fully saturated rings. The SMILES string of the molecule is CC1C=C2C(c3cccc4c3C3(C)C(=CCCC3c3nc(-c5ccccc5)nc(-c5ccccc5)n3)N4c3ccccc3)=CC3C=CC=CC3C2=CC1. The van der Waals surface area contributed by atoms with Crippen LogP contribution in [-0.2, 0) is 5.41 Å². The van der Waals surface area contributed by atoms with Gasteiger partial charge in [-0.05, 0) is 78.1 Å². The Morgan fingerprint density at radius 3 is 2.08 bits per heavy atom. The number of hydrogen-bond donors (Lipinski definition) is 0. The molecule has 0 spiro atoms. The third-order valence-corrected chi connectivity index (χ3v) is 12.1. The fourth-order valence-electron chi connectivity index (χ4n) is 9.59. The zero-order valence-electron chi connectivity index (χ0n) is 30.2. The number of aromatic nitrogens is 3. The van der Waals surface area contributed by atoms with Gasteiger partial charge >= 0.3 is 0 Å². The van der Waals surface area contributed by atoms with Gasteiger partial charge < -0.3 is 4.90 Å². The topological polar surface area (TPSA) is 41.9 Å². The monoisotopic (exact) mass is 686 g/mol. The number of benzene rings is 4. The maximum atomic E-state index is 5.38. The minimum atomic E-state index is -0.423. The molecule has 5 atom stereocenters. The summed E-state index contributed by atoms with van der Waals surface area (Å²) in [6.45, 7) is 4.81. The zero-order chi connectivity index (χ0) is 35.5. The fourth-order valence-corrected chi connectivity index (χ4v) is 9.59. The van der Waals surface area contributed by atoms with Crippen molar-refractivity contribution < 1.29 is 0 Å². The number of rotatable bonds is 5. The smallest absolute Gasteiger partial charge is 0.163 e. The molecule has 0 saturated carbocycles. The molecule has 53 heavy (non-hydrogen) atoms. The van der Waals surface area contributed by atoms with Crippen molar-refractivity contribution >= 4 is 16.9 Å². The van der Waals surface area contributed by atoms with Crippen LogP contribution in [-0.4, -0.2) is 15.0 Å². The van der Waals surface area contributed by atoms with E-state index in [-0.39, 0.29) is 5.92 Å². The number of hydrogen-bond acceptors (Lipinski definition) is 4. The van der Waals surface area contributed by atoms with Crippen LogP contribution in [0.25, 0.3) is 28.3 Å². The van der Waals surface area contributed by atoms with Crippen LogP contribution in [0.4, 0.5) is 11.4 Å². The van der Waals surface area contributed by atoms with Crippen molar-refractivity contribution in [3.05, 3.63) is 192 Å². The molecule has 1 aliphatic heterocycles. The number of fused-ring (bicyclic) bond motifs is 6. The standard InChI is InChI=1S/C49H42N4/c1-32-28-29-38-37-23-13-12-20-35(37)31-41(40(38)30-32)39-24-14-26-43-45(39)49(2)42(25-15-27-44(49)53(43)36-21-10-5-11-22-36)48-51-46(33-16-6-3-7-17-33)50-47(52-48)34-18-8-4-9-19-34/h3-14,16-24,26-27,29-32,35,37,42H,15,25,28H2,1-2H3. The molecule has 1 aromatic heterocycles. The van der Waals surface area contributed by atoms with E-state index in [1.165, 1.54) is 44.9 Å². The molecule has 0 N–H and O–H groups in total. The van der Waals surface area contributed by atoms with Crippen molar-refractivity contribution in [2.75, 3.05) is 4.90 Å². The first-order valence-electron chi connectivity index (χ1n) is 19.1. The average Bonchev–Trinajstić information content (AvgIpc) is 3.49. The summed E-state index contributed by atoms with van der Waals surface area (Å²) >= 11 is 0. The normalized spacial score (nSPS) is 25.3. The molecule has 0 amide bonds. The van der Waals surface area contributed by atoms with E-state index in [1.54, 1.807) is 0 Å². The van der Waals surface area contributed by atoms with Gasteiger partial charge in [0.15, 0.2) is 11.6 Å². The molecule has 4 aliphatic carbocycles. The molecule has 4 aromatic carbocycles. The van der Waals surface area contributed by atoms with Gasteiger partial charge in [0, 0.05) is 45.7 Å². The fraction of sp³-hybridized carbons (Fsp3) is 0.204. The van der Waals surface area contributed by atoms with Crippen LogP contribution in [0.2, 0.25) is 0 Å². The van der Waals surface area contributed by atoms with Gasteiger partial charge in [0.25, 0.3) is 0 Å². The van der Waals surface area contributed by atoms with Gasteiger partial charge in [-0.2, -0.15) is 0 Å². The summed E-state index contributed by atoms with van der Waals surface area (Å²) in [5.74, 6) is 3.49. The van der Waals surface area contributed by atoms with Crippen molar-refractivity contribution in [3.8, 4) is 22.8 Å². The summed E-state index contributed by atoms with van der Waals surface area (Å²) in [6, 6.07) is 38.6. The van der Waals surface area contributed by atoms with Gasteiger partial charge in [0.2, 0.25) is 0 Å². The highest BCUT2D eigenvalue weighted by Gasteiger charge is 2.54. The molecule has 4 nitrogen and oxygen atoms in total. The average molecular weight is 687 g/mol. The molecular weight excluding hydrogens is 645 g/mol. The number of allylic oxidation sites excluding steroid dienone is 12. The Kier molecular flexibility index (Phi) is 7.61. The molecule has 258 valence electrons. The van der Waals surface area contributed by atoms with Crippen molar-refractivity contribution in [3.63, 3.8) is 0 Å². The minimum Gasteiger partial charge on any atom is -0.313 e. The molecule has 5 unspecified atom stereocenters. The van der Waals surface area contributed by atoms with Crippen LogP contribution in [0.5, 0.6) is 0 Å². The number of para-hydroxylation sites is 1. The van der Waals surface area contributed by atoms with Gasteiger partial charge in [-0.25, -0.2) is 15.0 Å². The predicted molar refractivity (Wildman–Crippen MR) is 216 cm³/mol. The van der Waals surface area contributed by atoms with E-state index in [9.17, 15) is 0 Å². The third-order valence-electron chi connectivity index (χ3n) is 12.1. The Morgan fingerprint density at radius 2 is 1.36 bits per heavy atom. The highest BCUT2D eigenvalue weighted by molar-refractivity contribution is 5.94. The summed E-state index contributed by atoms with van der Waals surface area (Å²) in [6.07, 6.45) is 22.3. The van der Waals surface area contributed by atoms with E-state index in [2.05, 4.69) is 164 Å². The van der Waals surface area contributed by atoms with Crippen LogP contribution in [0.3, 0.4) is 0 Å². The lowest BCUT2D eigenvalue weighted by Gasteiger charge is -2.41. The van der Waals surface area contributed by atoms with Crippen molar-refractivity contribution in [1.82, 2.24) is 15.0 Å². The summed E-state index contributed by atoms with van der Waals surface area (Å²) in [5, 5.41) is 0. The van der Waals surface area contributed by atoms with E-state index in [4.69, 9.17) is 15.0 Å². The van der Waals surface area contributed by atoms with Gasteiger partial charge in [-0.3, -0.25) is 0 Å². The van der Waals surface area contributed by atoms with Gasteiger partial charge in [0.1, 0.15) is 5.82 Å². The van der Waals surface area contributed by atoms with Gasteiger partial charge in [0.05, 0.1) is 5.69 Å². The van der Waals surface area contributed by atoms with E-state index in [1.807, 2.05) is 12.1 Å². The molecule has 2 heterocycles. The van der Waals surface area contributed by atoms with Crippen LogP contribution < -0.4 is 4.90 Å². The van der Waals surface area contributed by atoms with Crippen LogP contribution in [0, 0.1) is 17.8 Å². The lowest BCUT2D eigenvalue weighted by Crippen LogP contribution is -2.37. The minimum absolute atomic E-state index is 0.00718. The molecule has 0 radical (unpaired) electrons. The zero-order valence-corrected chi connectivity index (χ0v) is 30.2. The van der Waals surface area contributed by atoms with Crippen LogP contribution in [0.1, 0.15) is 56.0 Å². The van der Waals surface area contributed by atoms with E-state index in [0.29, 0.717) is 17.8 Å². The van der Waals surface area contributed by atoms with Crippen LogP contribution in [0.15, 0.2) is 175 Å². The molecule has 0 bridgehead atoms. The predicted octanol–water partition coefficient (Wildman–Crippen LogP) is 11.7. The first kappa shape index (κ1) is 31.8. The molecule has 10 rings (SSSR count). The lowest BCUT2D eigenvalue weighted by molar-refractivity contribution is 0.387. The molecule has 5 aromatic rings. The highest BCUT2D eigenvalue weighted by Crippen LogP contribution is 2.62. The Bertz CT molecular complexity index is 2360. The summed E-state index contributed by atoms with van der Waals surface area (Å²) < 4.78 is 0. The van der Waals surface area contributed by atoms with Gasteiger partial charge in [-0.15, -0.1) is 0 Å². The lowest BCUT2D eigenvalue weighted by atomic mass is 9.62. The van der Waals surface area contributed by atoms with Gasteiger partial charge in [-0.1, -0.05) is 147 Å². The Labute approximate surface area is 312 Å². The summed E-state index contributed by atoms with van der Waals surface area (Å²) in [7, 11) is 0.